The Bertz CT molecular complexity index is 470. The first-order chi connectivity index (χ1) is 8.16. The molecule has 1 aromatic heterocycles. The van der Waals surface area contributed by atoms with E-state index < -0.39 is 0 Å². The molecule has 1 heterocycles. The molecule has 0 saturated carbocycles. The smallest absolute Gasteiger partial charge is 0.123 e. The van der Waals surface area contributed by atoms with E-state index in [1.165, 1.54) is 6.07 Å². The summed E-state index contributed by atoms with van der Waals surface area (Å²) in [7, 11) is 0. The Morgan fingerprint density at radius 3 is 2.76 bits per heavy atom. The van der Waals surface area contributed by atoms with Gasteiger partial charge < -0.3 is 5.32 Å². The first-order valence-corrected chi connectivity index (χ1v) is 6.50. The number of nitrogens with one attached hydrogen (secondary N) is 1. The van der Waals surface area contributed by atoms with Gasteiger partial charge in [-0.05, 0) is 31.5 Å². The molecule has 0 aliphatic carbocycles. The second kappa shape index (κ2) is 5.38. The number of nitrogens with zero attached hydrogens (tertiary/aromatic N) is 1. The van der Waals surface area contributed by atoms with Crippen LogP contribution in [0.2, 0.25) is 0 Å². The molecule has 0 radical (unpaired) electrons. The minimum atomic E-state index is -0.197. The van der Waals surface area contributed by atoms with E-state index in [1.807, 2.05) is 23.9 Å². The monoisotopic (exact) mass is 250 g/mol. The van der Waals surface area contributed by atoms with Crippen LogP contribution in [-0.4, -0.2) is 4.98 Å². The highest BCUT2D eigenvalue weighted by molar-refractivity contribution is 7.07. The summed E-state index contributed by atoms with van der Waals surface area (Å²) in [6, 6.07) is 6.94. The summed E-state index contributed by atoms with van der Waals surface area (Å²) in [4.78, 5) is 4.26. The predicted octanol–water partition coefficient (Wildman–Crippen LogP) is 3.69. The number of aromatic nitrogens is 1. The molecule has 0 aliphatic heterocycles. The van der Waals surface area contributed by atoms with Crippen molar-refractivity contribution in [1.82, 2.24) is 10.3 Å². The van der Waals surface area contributed by atoms with Gasteiger partial charge in [0, 0.05) is 17.5 Å². The molecule has 0 amide bonds. The number of thiazole rings is 1. The summed E-state index contributed by atoms with van der Waals surface area (Å²) < 4.78 is 13.1. The summed E-state index contributed by atoms with van der Waals surface area (Å²) >= 11 is 1.58. The Kier molecular flexibility index (Phi) is 3.86. The third kappa shape index (κ3) is 3.11. The molecular weight excluding hydrogens is 235 g/mol. The van der Waals surface area contributed by atoms with Crippen LogP contribution >= 0.6 is 11.3 Å². The molecule has 90 valence electrons. The third-order valence-corrected chi connectivity index (χ3v) is 3.35. The Balaban J connectivity index is 2.04. The Morgan fingerprint density at radius 1 is 1.29 bits per heavy atom. The van der Waals surface area contributed by atoms with Crippen molar-refractivity contribution in [1.29, 1.82) is 0 Å². The molecule has 0 saturated heterocycles. The average Bonchev–Trinajstić information content (AvgIpc) is 2.82. The van der Waals surface area contributed by atoms with Gasteiger partial charge in [0.05, 0.1) is 11.2 Å². The zero-order chi connectivity index (χ0) is 12.3. The molecule has 0 bridgehead atoms. The Morgan fingerprint density at radius 2 is 2.12 bits per heavy atom. The van der Waals surface area contributed by atoms with E-state index in [2.05, 4.69) is 17.2 Å². The lowest BCUT2D eigenvalue weighted by molar-refractivity contribution is 0.485. The van der Waals surface area contributed by atoms with Crippen molar-refractivity contribution < 1.29 is 4.39 Å². The van der Waals surface area contributed by atoms with Gasteiger partial charge in [0.2, 0.25) is 0 Å². The van der Waals surface area contributed by atoms with E-state index >= 15 is 0 Å². The van der Waals surface area contributed by atoms with Crippen LogP contribution in [0.15, 0.2) is 35.2 Å². The molecule has 0 fully saturated rings. The van der Waals surface area contributed by atoms with Gasteiger partial charge in [-0.3, -0.25) is 0 Å². The second-order valence-electron chi connectivity index (χ2n) is 4.08. The van der Waals surface area contributed by atoms with Crippen LogP contribution < -0.4 is 5.32 Å². The van der Waals surface area contributed by atoms with Gasteiger partial charge in [-0.1, -0.05) is 12.1 Å². The normalized spacial score (nSPS) is 14.5. The maximum Gasteiger partial charge on any atom is 0.123 e. The van der Waals surface area contributed by atoms with Gasteiger partial charge >= 0.3 is 0 Å². The summed E-state index contributed by atoms with van der Waals surface area (Å²) in [5.41, 5.74) is 3.80. The van der Waals surface area contributed by atoms with Crippen molar-refractivity contribution in [2.75, 3.05) is 0 Å². The highest BCUT2D eigenvalue weighted by atomic mass is 32.1. The van der Waals surface area contributed by atoms with Gasteiger partial charge in [0.1, 0.15) is 5.82 Å². The van der Waals surface area contributed by atoms with E-state index in [4.69, 9.17) is 0 Å². The van der Waals surface area contributed by atoms with E-state index in [1.54, 1.807) is 23.5 Å². The quantitative estimate of drug-likeness (QED) is 0.895. The Hall–Kier alpha value is -1.26. The van der Waals surface area contributed by atoms with Crippen LogP contribution in [0, 0.1) is 5.82 Å². The molecule has 0 aliphatic rings. The molecule has 2 aromatic rings. The van der Waals surface area contributed by atoms with Crippen LogP contribution in [0.3, 0.4) is 0 Å². The molecule has 4 heteroatoms. The third-order valence-electron chi connectivity index (χ3n) is 2.74. The molecule has 1 N–H and O–H groups in total. The highest BCUT2D eigenvalue weighted by Crippen LogP contribution is 2.19. The minimum Gasteiger partial charge on any atom is -0.302 e. The number of hydrogen-bond donors (Lipinski definition) is 1. The zero-order valence-electron chi connectivity index (χ0n) is 9.85. The molecule has 2 nitrogen and oxygen atoms in total. The molecule has 17 heavy (non-hydrogen) atoms. The van der Waals surface area contributed by atoms with Crippen LogP contribution in [0.5, 0.6) is 0 Å². The fourth-order valence-electron chi connectivity index (χ4n) is 1.77. The lowest BCUT2D eigenvalue weighted by Crippen LogP contribution is -2.22. The first kappa shape index (κ1) is 12.2. The highest BCUT2D eigenvalue weighted by Gasteiger charge is 2.12. The van der Waals surface area contributed by atoms with Crippen LogP contribution in [-0.2, 0) is 0 Å². The predicted molar refractivity (Wildman–Crippen MR) is 68.5 cm³/mol. The van der Waals surface area contributed by atoms with Crippen LogP contribution in [0.4, 0.5) is 4.39 Å². The number of rotatable bonds is 4. The minimum absolute atomic E-state index is 0.0994. The topological polar surface area (TPSA) is 24.9 Å². The standard InChI is InChI=1S/C13H15FN2S/c1-9(11-4-3-5-12(14)6-11)16-10(2)13-7-17-8-15-13/h3-10,16H,1-2H3/t9-,10?/m1/s1. The van der Waals surface area contributed by atoms with Crippen LogP contribution in [0.1, 0.15) is 37.2 Å². The molecule has 0 spiro atoms. The van der Waals surface area contributed by atoms with E-state index in [0.29, 0.717) is 0 Å². The molecule has 1 aromatic carbocycles. The average molecular weight is 250 g/mol. The van der Waals surface area contributed by atoms with Crippen molar-refractivity contribution >= 4 is 11.3 Å². The largest absolute Gasteiger partial charge is 0.302 e. The van der Waals surface area contributed by atoms with Gasteiger partial charge in [-0.15, -0.1) is 11.3 Å². The summed E-state index contributed by atoms with van der Waals surface area (Å²) in [5, 5.41) is 5.43. The lowest BCUT2D eigenvalue weighted by Gasteiger charge is -2.19. The van der Waals surface area contributed by atoms with Crippen LogP contribution in [0.25, 0.3) is 0 Å². The van der Waals surface area contributed by atoms with E-state index in [-0.39, 0.29) is 17.9 Å². The Labute approximate surface area is 105 Å². The summed E-state index contributed by atoms with van der Waals surface area (Å²) in [5.74, 6) is -0.197. The number of halogens is 1. The number of hydrogen-bond acceptors (Lipinski definition) is 3. The summed E-state index contributed by atoms with van der Waals surface area (Å²) in [6.45, 7) is 4.09. The summed E-state index contributed by atoms with van der Waals surface area (Å²) in [6.07, 6.45) is 0. The fraction of sp³-hybridized carbons (Fsp3) is 0.308. The van der Waals surface area contributed by atoms with Gasteiger partial charge in [-0.25, -0.2) is 9.37 Å². The second-order valence-corrected chi connectivity index (χ2v) is 4.80. The van der Waals surface area contributed by atoms with E-state index in [0.717, 1.165) is 11.3 Å². The van der Waals surface area contributed by atoms with Crippen molar-refractivity contribution in [3.8, 4) is 0 Å². The van der Waals surface area contributed by atoms with Gasteiger partial charge in [-0.2, -0.15) is 0 Å². The lowest BCUT2D eigenvalue weighted by atomic mass is 10.1. The van der Waals surface area contributed by atoms with Crippen molar-refractivity contribution in [3.05, 3.63) is 52.2 Å². The number of benzene rings is 1. The zero-order valence-corrected chi connectivity index (χ0v) is 10.7. The molecule has 1 unspecified atom stereocenters. The SMILES string of the molecule is CC(N[C@H](C)c1cccc(F)c1)c1cscn1. The molecular formula is C13H15FN2S. The molecule has 2 atom stereocenters. The van der Waals surface area contributed by atoms with Crippen molar-refractivity contribution in [2.24, 2.45) is 0 Å². The maximum absolute atomic E-state index is 13.1. The van der Waals surface area contributed by atoms with Crippen molar-refractivity contribution in [2.45, 2.75) is 25.9 Å². The van der Waals surface area contributed by atoms with Gasteiger partial charge in [0.15, 0.2) is 0 Å². The van der Waals surface area contributed by atoms with Crippen molar-refractivity contribution in [3.63, 3.8) is 0 Å². The first-order valence-electron chi connectivity index (χ1n) is 5.56. The van der Waals surface area contributed by atoms with Gasteiger partial charge in [0.25, 0.3) is 0 Å². The fourth-order valence-corrected chi connectivity index (χ4v) is 2.42. The molecule has 2 rings (SSSR count). The van der Waals surface area contributed by atoms with E-state index in [9.17, 15) is 4.39 Å². The maximum atomic E-state index is 13.1.